The molecule has 0 unspecified atom stereocenters. The van der Waals surface area contributed by atoms with E-state index >= 15 is 0 Å². The number of carbonyl (C=O) groups excluding carboxylic acids is 1. The van der Waals surface area contributed by atoms with Gasteiger partial charge in [-0.2, -0.15) is 0 Å². The van der Waals surface area contributed by atoms with Crippen molar-refractivity contribution in [1.29, 1.82) is 0 Å². The lowest BCUT2D eigenvalue weighted by molar-refractivity contribution is 0.104. The molecular formula is C22H14ClNO. The van der Waals surface area contributed by atoms with Gasteiger partial charge >= 0.3 is 0 Å². The number of rotatable bonds is 3. The van der Waals surface area contributed by atoms with Crippen LogP contribution < -0.4 is 0 Å². The molecule has 0 saturated carbocycles. The molecule has 4 aromatic rings. The molecule has 1 aromatic heterocycles. The highest BCUT2D eigenvalue weighted by Crippen LogP contribution is 2.26. The summed E-state index contributed by atoms with van der Waals surface area (Å²) in [5, 5.41) is 1.38. The second kappa shape index (κ2) is 6.50. The van der Waals surface area contributed by atoms with Gasteiger partial charge in [-0.1, -0.05) is 72.3 Å². The maximum Gasteiger partial charge on any atom is 0.196 e. The average Bonchev–Trinajstić information content (AvgIpc) is 2.67. The molecule has 0 saturated heterocycles. The van der Waals surface area contributed by atoms with Crippen molar-refractivity contribution < 1.29 is 4.79 Å². The van der Waals surface area contributed by atoms with E-state index in [9.17, 15) is 4.79 Å². The van der Waals surface area contributed by atoms with Crippen LogP contribution in [0.15, 0.2) is 84.9 Å². The van der Waals surface area contributed by atoms with Gasteiger partial charge in [0.15, 0.2) is 5.78 Å². The lowest BCUT2D eigenvalue weighted by Crippen LogP contribution is -2.04. The van der Waals surface area contributed by atoms with Gasteiger partial charge in [0.05, 0.1) is 16.2 Å². The molecule has 0 bridgehead atoms. The van der Waals surface area contributed by atoms with Crippen LogP contribution in [0.5, 0.6) is 0 Å². The fourth-order valence-electron chi connectivity index (χ4n) is 2.89. The predicted octanol–water partition coefficient (Wildman–Crippen LogP) is 5.79. The van der Waals surface area contributed by atoms with Gasteiger partial charge in [0.25, 0.3) is 0 Å². The topological polar surface area (TPSA) is 30.0 Å². The lowest BCUT2D eigenvalue weighted by atomic mass is 9.99. The molecule has 0 aliphatic carbocycles. The van der Waals surface area contributed by atoms with E-state index in [0.717, 1.165) is 16.6 Å². The fourth-order valence-corrected chi connectivity index (χ4v) is 3.11. The van der Waals surface area contributed by atoms with Crippen molar-refractivity contribution in [3.63, 3.8) is 0 Å². The van der Waals surface area contributed by atoms with E-state index in [1.165, 1.54) is 0 Å². The van der Waals surface area contributed by atoms with Crippen molar-refractivity contribution in [1.82, 2.24) is 4.98 Å². The third kappa shape index (κ3) is 2.92. The summed E-state index contributed by atoms with van der Waals surface area (Å²) in [4.78, 5) is 17.8. The summed E-state index contributed by atoms with van der Waals surface area (Å²) in [5.74, 6) is -0.117. The molecular weight excluding hydrogens is 330 g/mol. The van der Waals surface area contributed by atoms with Crippen molar-refractivity contribution >= 4 is 28.3 Å². The highest BCUT2D eigenvalue weighted by Gasteiger charge is 2.16. The first kappa shape index (κ1) is 15.6. The van der Waals surface area contributed by atoms with Gasteiger partial charge in [0, 0.05) is 22.1 Å². The van der Waals surface area contributed by atoms with Gasteiger partial charge < -0.3 is 0 Å². The Kier molecular flexibility index (Phi) is 4.04. The van der Waals surface area contributed by atoms with Gasteiger partial charge in [-0.25, -0.2) is 4.98 Å². The molecule has 4 rings (SSSR count). The Morgan fingerprint density at radius 2 is 1.44 bits per heavy atom. The van der Waals surface area contributed by atoms with Crippen LogP contribution in [0.3, 0.4) is 0 Å². The number of aromatic nitrogens is 1. The van der Waals surface area contributed by atoms with Crippen LogP contribution in [-0.2, 0) is 0 Å². The smallest absolute Gasteiger partial charge is 0.196 e. The first-order valence-corrected chi connectivity index (χ1v) is 8.36. The second-order valence-corrected chi connectivity index (χ2v) is 6.16. The SMILES string of the molecule is O=C(c1ccccc1Cl)c1cccc2ccc(-c3ccccc3)nc12. The number of carbonyl (C=O) groups is 1. The number of para-hydroxylation sites is 1. The number of hydrogen-bond acceptors (Lipinski definition) is 2. The van der Waals surface area contributed by atoms with Gasteiger partial charge in [0.2, 0.25) is 0 Å². The number of fused-ring (bicyclic) bond motifs is 1. The summed E-state index contributed by atoms with van der Waals surface area (Å²) < 4.78 is 0. The van der Waals surface area contributed by atoms with Crippen LogP contribution in [0, 0.1) is 0 Å². The Bertz CT molecular complexity index is 1070. The van der Waals surface area contributed by atoms with Crippen LogP contribution in [-0.4, -0.2) is 10.8 Å². The van der Waals surface area contributed by atoms with E-state index < -0.39 is 0 Å². The summed E-state index contributed by atoms with van der Waals surface area (Å²) in [6.07, 6.45) is 0. The van der Waals surface area contributed by atoms with Crippen LogP contribution in [0.2, 0.25) is 5.02 Å². The quantitative estimate of drug-likeness (QED) is 0.441. The number of nitrogens with zero attached hydrogens (tertiary/aromatic N) is 1. The minimum atomic E-state index is -0.117. The Labute approximate surface area is 150 Å². The third-order valence-electron chi connectivity index (χ3n) is 4.15. The normalized spacial score (nSPS) is 10.8. The van der Waals surface area contributed by atoms with Gasteiger partial charge in [-0.05, 0) is 24.3 Å². The summed E-state index contributed by atoms with van der Waals surface area (Å²) in [5.41, 5.74) is 3.60. The number of benzene rings is 3. The van der Waals surface area contributed by atoms with E-state index in [-0.39, 0.29) is 5.78 Å². The summed E-state index contributed by atoms with van der Waals surface area (Å²) >= 11 is 6.21. The van der Waals surface area contributed by atoms with Crippen molar-refractivity contribution in [3.8, 4) is 11.3 Å². The van der Waals surface area contributed by atoms with E-state index in [1.807, 2.05) is 66.7 Å². The first-order chi connectivity index (χ1) is 12.2. The lowest BCUT2D eigenvalue weighted by Gasteiger charge is -2.09. The monoisotopic (exact) mass is 343 g/mol. The van der Waals surface area contributed by atoms with Crippen molar-refractivity contribution in [2.45, 2.75) is 0 Å². The molecule has 1 heterocycles. The highest BCUT2D eigenvalue weighted by atomic mass is 35.5. The Morgan fingerprint density at radius 3 is 2.24 bits per heavy atom. The van der Waals surface area contributed by atoms with Crippen LogP contribution in [0.4, 0.5) is 0 Å². The highest BCUT2D eigenvalue weighted by molar-refractivity contribution is 6.35. The van der Waals surface area contributed by atoms with E-state index in [0.29, 0.717) is 21.7 Å². The zero-order valence-corrected chi connectivity index (χ0v) is 14.1. The standard InChI is InChI=1S/C22H14ClNO/c23-19-12-5-4-10-17(19)22(25)18-11-6-9-16-13-14-20(24-21(16)18)15-7-2-1-3-8-15/h1-14H. The van der Waals surface area contributed by atoms with Gasteiger partial charge in [-0.3, -0.25) is 4.79 Å². The molecule has 0 radical (unpaired) electrons. The third-order valence-corrected chi connectivity index (χ3v) is 4.48. The molecule has 2 nitrogen and oxygen atoms in total. The zero-order chi connectivity index (χ0) is 17.2. The Morgan fingerprint density at radius 1 is 0.720 bits per heavy atom. The molecule has 120 valence electrons. The van der Waals surface area contributed by atoms with Crippen LogP contribution in [0.25, 0.3) is 22.2 Å². The Balaban J connectivity index is 1.90. The second-order valence-electron chi connectivity index (χ2n) is 5.75. The van der Waals surface area contributed by atoms with Crippen molar-refractivity contribution in [2.24, 2.45) is 0 Å². The molecule has 0 aliphatic heterocycles. The number of pyridine rings is 1. The molecule has 0 aliphatic rings. The number of ketones is 1. The first-order valence-electron chi connectivity index (χ1n) is 7.98. The summed E-state index contributed by atoms with van der Waals surface area (Å²) in [6.45, 7) is 0. The van der Waals surface area contributed by atoms with Crippen LogP contribution >= 0.6 is 11.6 Å². The molecule has 3 aromatic carbocycles. The fraction of sp³-hybridized carbons (Fsp3) is 0. The number of hydrogen-bond donors (Lipinski definition) is 0. The zero-order valence-electron chi connectivity index (χ0n) is 13.3. The van der Waals surface area contributed by atoms with Gasteiger partial charge in [-0.15, -0.1) is 0 Å². The maximum atomic E-state index is 13.0. The predicted molar refractivity (Wildman–Crippen MR) is 102 cm³/mol. The summed E-state index contributed by atoms with van der Waals surface area (Å²) in [7, 11) is 0. The molecule has 0 spiro atoms. The van der Waals surface area contributed by atoms with E-state index in [1.54, 1.807) is 18.2 Å². The van der Waals surface area contributed by atoms with Crippen LogP contribution in [0.1, 0.15) is 15.9 Å². The van der Waals surface area contributed by atoms with E-state index in [2.05, 4.69) is 0 Å². The Hall–Kier alpha value is -2.97. The van der Waals surface area contributed by atoms with Crippen molar-refractivity contribution in [2.75, 3.05) is 0 Å². The molecule has 0 fully saturated rings. The molecule has 25 heavy (non-hydrogen) atoms. The average molecular weight is 344 g/mol. The largest absolute Gasteiger partial charge is 0.288 e. The molecule has 0 atom stereocenters. The molecule has 0 amide bonds. The molecule has 0 N–H and O–H groups in total. The van der Waals surface area contributed by atoms with Crippen molar-refractivity contribution in [3.05, 3.63) is 101 Å². The minimum absolute atomic E-state index is 0.117. The molecule has 3 heteroatoms. The number of halogens is 1. The minimum Gasteiger partial charge on any atom is -0.288 e. The summed E-state index contributed by atoms with van der Waals surface area (Å²) in [6, 6.07) is 26.6. The van der Waals surface area contributed by atoms with Gasteiger partial charge in [0.1, 0.15) is 0 Å². The van der Waals surface area contributed by atoms with E-state index in [4.69, 9.17) is 16.6 Å². The maximum absolute atomic E-state index is 13.0.